The van der Waals surface area contributed by atoms with E-state index in [0.717, 1.165) is 40.9 Å². The summed E-state index contributed by atoms with van der Waals surface area (Å²) in [6.07, 6.45) is 2.12. The fourth-order valence-corrected chi connectivity index (χ4v) is 3.07. The molecule has 0 aliphatic carbocycles. The largest absolute Gasteiger partial charge is 0.496 e. The minimum atomic E-state index is 0.159. The monoisotopic (exact) mass is 359 g/mol. The maximum absolute atomic E-state index is 9.32. The molecule has 1 aromatic rings. The number of halogens is 1. The summed E-state index contributed by atoms with van der Waals surface area (Å²) in [5.74, 6) is 1.62. The lowest BCUT2D eigenvalue weighted by Crippen LogP contribution is -2.36. The van der Waals surface area contributed by atoms with Crippen LogP contribution < -0.4 is 9.47 Å². The van der Waals surface area contributed by atoms with Gasteiger partial charge in [0.25, 0.3) is 0 Å². The van der Waals surface area contributed by atoms with E-state index in [1.54, 1.807) is 14.2 Å². The summed E-state index contributed by atoms with van der Waals surface area (Å²) in [5, 5.41) is 9.32. The molecule has 0 saturated carbocycles. The molecule has 0 bridgehead atoms. The quantitative estimate of drug-likeness (QED) is 0.733. The maximum atomic E-state index is 9.32. The molecule has 0 amide bonds. The van der Waals surface area contributed by atoms with Crippen LogP contribution in [0, 0.1) is 0 Å². The minimum absolute atomic E-state index is 0.159. The first-order valence-electron chi connectivity index (χ1n) is 7.36. The zero-order valence-corrected chi connectivity index (χ0v) is 14.9. The van der Waals surface area contributed by atoms with E-state index in [2.05, 4.69) is 34.7 Å². The van der Waals surface area contributed by atoms with Crippen molar-refractivity contribution in [3.05, 3.63) is 22.2 Å². The number of aliphatic hydroxyl groups is 1. The van der Waals surface area contributed by atoms with Crippen molar-refractivity contribution in [2.45, 2.75) is 39.3 Å². The predicted molar refractivity (Wildman–Crippen MR) is 89.1 cm³/mol. The van der Waals surface area contributed by atoms with Crippen LogP contribution in [-0.2, 0) is 6.54 Å². The first-order chi connectivity index (χ1) is 10.1. The molecule has 0 aliphatic heterocycles. The van der Waals surface area contributed by atoms with E-state index in [1.807, 2.05) is 12.1 Å². The van der Waals surface area contributed by atoms with Crippen LogP contribution in [0.5, 0.6) is 11.5 Å². The van der Waals surface area contributed by atoms with E-state index in [9.17, 15) is 5.11 Å². The molecule has 0 aromatic heterocycles. The third-order valence-electron chi connectivity index (χ3n) is 3.77. The molecule has 1 aromatic carbocycles. The van der Waals surface area contributed by atoms with Gasteiger partial charge in [-0.25, -0.2) is 0 Å². The summed E-state index contributed by atoms with van der Waals surface area (Å²) < 4.78 is 11.7. The van der Waals surface area contributed by atoms with Crippen LogP contribution in [0.3, 0.4) is 0 Å². The molecule has 0 saturated heterocycles. The van der Waals surface area contributed by atoms with Gasteiger partial charge in [0.2, 0.25) is 0 Å². The van der Waals surface area contributed by atoms with Crippen LogP contribution >= 0.6 is 15.9 Å². The Morgan fingerprint density at radius 3 is 2.24 bits per heavy atom. The van der Waals surface area contributed by atoms with Gasteiger partial charge in [-0.2, -0.15) is 0 Å². The topological polar surface area (TPSA) is 41.9 Å². The van der Waals surface area contributed by atoms with Gasteiger partial charge < -0.3 is 14.6 Å². The van der Waals surface area contributed by atoms with Crippen molar-refractivity contribution in [1.29, 1.82) is 0 Å². The number of methoxy groups -OCH3 is 2. The SMILES string of the molecule is CCC(CC)N(CCO)Cc1cc(OC)c(Br)cc1OC. The highest BCUT2D eigenvalue weighted by atomic mass is 79.9. The highest BCUT2D eigenvalue weighted by molar-refractivity contribution is 9.10. The van der Waals surface area contributed by atoms with Crippen molar-refractivity contribution in [1.82, 2.24) is 4.90 Å². The highest BCUT2D eigenvalue weighted by Crippen LogP contribution is 2.33. The lowest BCUT2D eigenvalue weighted by molar-refractivity contribution is 0.135. The second-order valence-electron chi connectivity index (χ2n) is 4.96. The lowest BCUT2D eigenvalue weighted by atomic mass is 10.1. The number of rotatable bonds is 9. The predicted octanol–water partition coefficient (Wildman–Crippen LogP) is 3.45. The second kappa shape index (κ2) is 9.28. The standard InChI is InChI=1S/C16H26BrNO3/c1-5-13(6-2)18(7-8-19)11-12-9-16(21-4)14(17)10-15(12)20-3/h9-10,13,19H,5-8,11H2,1-4H3. The summed E-state index contributed by atoms with van der Waals surface area (Å²) >= 11 is 3.48. The normalized spacial score (nSPS) is 11.2. The third-order valence-corrected chi connectivity index (χ3v) is 4.39. The fraction of sp³-hybridized carbons (Fsp3) is 0.625. The Balaban J connectivity index is 3.06. The van der Waals surface area contributed by atoms with Gasteiger partial charge in [-0.05, 0) is 40.9 Å². The molecule has 0 spiro atoms. The number of ether oxygens (including phenoxy) is 2. The Morgan fingerprint density at radius 2 is 1.76 bits per heavy atom. The van der Waals surface area contributed by atoms with Gasteiger partial charge in [0.15, 0.2) is 0 Å². The van der Waals surface area contributed by atoms with E-state index >= 15 is 0 Å². The Kier molecular flexibility index (Phi) is 8.07. The van der Waals surface area contributed by atoms with E-state index < -0.39 is 0 Å². The van der Waals surface area contributed by atoms with Gasteiger partial charge in [-0.15, -0.1) is 0 Å². The molecule has 21 heavy (non-hydrogen) atoms. The summed E-state index contributed by atoms with van der Waals surface area (Å²) in [6, 6.07) is 4.38. The summed E-state index contributed by atoms with van der Waals surface area (Å²) in [5.41, 5.74) is 1.07. The fourth-order valence-electron chi connectivity index (χ4n) is 2.59. The highest BCUT2D eigenvalue weighted by Gasteiger charge is 2.18. The first kappa shape index (κ1) is 18.3. The van der Waals surface area contributed by atoms with Crippen molar-refractivity contribution in [2.24, 2.45) is 0 Å². The molecule has 0 radical (unpaired) electrons. The molecule has 0 unspecified atom stereocenters. The molecule has 4 nitrogen and oxygen atoms in total. The van der Waals surface area contributed by atoms with Crippen molar-refractivity contribution in [3.63, 3.8) is 0 Å². The molecule has 0 atom stereocenters. The van der Waals surface area contributed by atoms with Crippen molar-refractivity contribution >= 4 is 15.9 Å². The van der Waals surface area contributed by atoms with E-state index in [0.29, 0.717) is 12.6 Å². The molecular formula is C16H26BrNO3. The van der Waals surface area contributed by atoms with Gasteiger partial charge >= 0.3 is 0 Å². The van der Waals surface area contributed by atoms with Crippen molar-refractivity contribution < 1.29 is 14.6 Å². The molecule has 120 valence electrons. The zero-order valence-electron chi connectivity index (χ0n) is 13.4. The summed E-state index contributed by atoms with van der Waals surface area (Å²) in [7, 11) is 3.33. The van der Waals surface area contributed by atoms with Crippen LogP contribution in [0.25, 0.3) is 0 Å². The Bertz CT molecular complexity index is 436. The van der Waals surface area contributed by atoms with Crippen LogP contribution in [0.2, 0.25) is 0 Å². The molecule has 0 aliphatic rings. The average Bonchev–Trinajstić information content (AvgIpc) is 2.49. The maximum Gasteiger partial charge on any atom is 0.133 e. The number of aliphatic hydroxyl groups excluding tert-OH is 1. The summed E-state index contributed by atoms with van der Waals surface area (Å²) in [6.45, 7) is 5.91. The Morgan fingerprint density at radius 1 is 1.14 bits per heavy atom. The van der Waals surface area contributed by atoms with E-state index in [1.165, 1.54) is 0 Å². The van der Waals surface area contributed by atoms with Crippen LogP contribution in [0.15, 0.2) is 16.6 Å². The molecule has 0 fully saturated rings. The average molecular weight is 360 g/mol. The molecule has 1 rings (SSSR count). The molecule has 0 heterocycles. The lowest BCUT2D eigenvalue weighted by Gasteiger charge is -2.30. The number of hydrogen-bond donors (Lipinski definition) is 1. The van der Waals surface area contributed by atoms with Gasteiger partial charge in [-0.1, -0.05) is 13.8 Å². The van der Waals surface area contributed by atoms with Gasteiger partial charge in [0, 0.05) is 24.7 Å². The van der Waals surface area contributed by atoms with Crippen molar-refractivity contribution in [3.8, 4) is 11.5 Å². The van der Waals surface area contributed by atoms with Gasteiger partial charge in [-0.3, -0.25) is 4.90 Å². The minimum Gasteiger partial charge on any atom is -0.496 e. The van der Waals surface area contributed by atoms with Crippen LogP contribution in [0.1, 0.15) is 32.3 Å². The van der Waals surface area contributed by atoms with E-state index in [4.69, 9.17) is 9.47 Å². The number of benzene rings is 1. The van der Waals surface area contributed by atoms with Crippen LogP contribution in [-0.4, -0.2) is 43.4 Å². The third kappa shape index (κ3) is 4.87. The van der Waals surface area contributed by atoms with E-state index in [-0.39, 0.29) is 6.61 Å². The first-order valence-corrected chi connectivity index (χ1v) is 8.15. The van der Waals surface area contributed by atoms with Gasteiger partial charge in [0.05, 0.1) is 25.3 Å². The Labute approximate surface area is 136 Å². The molecular weight excluding hydrogens is 334 g/mol. The zero-order chi connectivity index (χ0) is 15.8. The molecule has 5 heteroatoms. The van der Waals surface area contributed by atoms with Crippen LogP contribution in [0.4, 0.5) is 0 Å². The van der Waals surface area contributed by atoms with Gasteiger partial charge in [0.1, 0.15) is 11.5 Å². The smallest absolute Gasteiger partial charge is 0.133 e. The van der Waals surface area contributed by atoms with Crippen molar-refractivity contribution in [2.75, 3.05) is 27.4 Å². The number of nitrogens with zero attached hydrogens (tertiary/aromatic N) is 1. The Hall–Kier alpha value is -0.780. The molecule has 1 N–H and O–H groups in total. The number of hydrogen-bond acceptors (Lipinski definition) is 4. The second-order valence-corrected chi connectivity index (χ2v) is 5.82. The summed E-state index contributed by atoms with van der Waals surface area (Å²) in [4.78, 5) is 2.30.